The number of carbonyl (C=O) groups excluding carboxylic acids is 1. The van der Waals surface area contributed by atoms with Crippen molar-refractivity contribution in [2.45, 2.75) is 13.5 Å². The Morgan fingerprint density at radius 2 is 2.24 bits per heavy atom. The summed E-state index contributed by atoms with van der Waals surface area (Å²) in [6.45, 7) is 3.50. The van der Waals surface area contributed by atoms with E-state index in [4.69, 9.17) is 4.74 Å². The number of ether oxygens (including phenoxy) is 1. The van der Waals surface area contributed by atoms with Crippen LogP contribution in [0.1, 0.15) is 12.5 Å². The number of carbonyl (C=O) groups is 1. The van der Waals surface area contributed by atoms with Crippen LogP contribution in [0.15, 0.2) is 24.3 Å². The first-order valence-corrected chi connectivity index (χ1v) is 5.79. The van der Waals surface area contributed by atoms with Gasteiger partial charge in [-0.2, -0.15) is 0 Å². The number of esters is 1. The van der Waals surface area contributed by atoms with Crippen LogP contribution >= 0.6 is 0 Å². The molecule has 1 aromatic rings. The molecule has 2 rings (SSSR count). The Bertz CT molecular complexity index is 408. The van der Waals surface area contributed by atoms with Gasteiger partial charge in [0.1, 0.15) is 12.4 Å². The van der Waals surface area contributed by atoms with E-state index in [-0.39, 0.29) is 30.2 Å². The van der Waals surface area contributed by atoms with E-state index >= 15 is 0 Å². The monoisotopic (exact) mass is 237 g/mol. The molecule has 92 valence electrons. The summed E-state index contributed by atoms with van der Waals surface area (Å²) in [5.74, 6) is -0.409. The van der Waals surface area contributed by atoms with Gasteiger partial charge in [-0.25, -0.2) is 4.39 Å². The largest absolute Gasteiger partial charge is 0.460 e. The smallest absolute Gasteiger partial charge is 0.310 e. The predicted octanol–water partition coefficient (Wildman–Crippen LogP) is 1.72. The maximum absolute atomic E-state index is 13.3. The molecular weight excluding hydrogens is 221 g/mol. The number of nitrogens with one attached hydrogen (secondary N) is 1. The lowest BCUT2D eigenvalue weighted by Crippen LogP contribution is -2.23. The summed E-state index contributed by atoms with van der Waals surface area (Å²) in [6.07, 6.45) is 0. The molecule has 0 unspecified atom stereocenters. The van der Waals surface area contributed by atoms with Crippen LogP contribution in [0.4, 0.5) is 4.39 Å². The lowest BCUT2D eigenvalue weighted by atomic mass is 9.99. The summed E-state index contributed by atoms with van der Waals surface area (Å²) in [6, 6.07) is 6.33. The molecule has 0 aromatic heterocycles. The summed E-state index contributed by atoms with van der Waals surface area (Å²) < 4.78 is 18.4. The Morgan fingerprint density at radius 3 is 2.88 bits per heavy atom. The van der Waals surface area contributed by atoms with Gasteiger partial charge in [0.05, 0.1) is 5.92 Å². The molecule has 0 bridgehead atoms. The fourth-order valence-electron chi connectivity index (χ4n) is 2.00. The lowest BCUT2D eigenvalue weighted by Gasteiger charge is -2.13. The highest BCUT2D eigenvalue weighted by Gasteiger charge is 2.30. The normalized spacial score (nSPS) is 23.6. The number of hydrogen-bond acceptors (Lipinski definition) is 3. The van der Waals surface area contributed by atoms with Crippen LogP contribution in [-0.4, -0.2) is 19.1 Å². The zero-order valence-corrected chi connectivity index (χ0v) is 9.78. The van der Waals surface area contributed by atoms with Crippen LogP contribution in [0.2, 0.25) is 0 Å². The van der Waals surface area contributed by atoms with Crippen LogP contribution < -0.4 is 5.32 Å². The van der Waals surface area contributed by atoms with Crippen molar-refractivity contribution in [1.82, 2.24) is 5.32 Å². The Kier molecular flexibility index (Phi) is 3.74. The van der Waals surface area contributed by atoms with Crippen molar-refractivity contribution in [3.63, 3.8) is 0 Å². The SMILES string of the molecule is C[C@@H]1CNC[C@H]1C(=O)OCc1ccccc1F. The zero-order valence-electron chi connectivity index (χ0n) is 9.78. The first-order chi connectivity index (χ1) is 8.18. The van der Waals surface area contributed by atoms with E-state index in [9.17, 15) is 9.18 Å². The van der Waals surface area contributed by atoms with Gasteiger partial charge in [-0.1, -0.05) is 25.1 Å². The quantitative estimate of drug-likeness (QED) is 0.813. The molecule has 1 heterocycles. The Hall–Kier alpha value is -1.42. The maximum atomic E-state index is 13.3. The summed E-state index contributed by atoms with van der Waals surface area (Å²) in [5.41, 5.74) is 0.416. The van der Waals surface area contributed by atoms with Crippen LogP contribution in [0, 0.1) is 17.7 Å². The molecule has 1 aliphatic heterocycles. The lowest BCUT2D eigenvalue weighted by molar-refractivity contribution is -0.150. The Morgan fingerprint density at radius 1 is 1.47 bits per heavy atom. The molecule has 0 saturated carbocycles. The zero-order chi connectivity index (χ0) is 12.3. The highest BCUT2D eigenvalue weighted by Crippen LogP contribution is 2.18. The summed E-state index contributed by atoms with van der Waals surface area (Å²) in [5, 5.41) is 3.14. The minimum atomic E-state index is -0.335. The number of benzene rings is 1. The van der Waals surface area contributed by atoms with Gasteiger partial charge in [0.15, 0.2) is 0 Å². The second-order valence-electron chi connectivity index (χ2n) is 4.44. The molecule has 4 heteroatoms. The first-order valence-electron chi connectivity index (χ1n) is 5.79. The predicted molar refractivity (Wildman–Crippen MR) is 61.7 cm³/mol. The third-order valence-electron chi connectivity index (χ3n) is 3.15. The molecule has 17 heavy (non-hydrogen) atoms. The summed E-state index contributed by atoms with van der Waals surface area (Å²) >= 11 is 0. The average Bonchev–Trinajstić information content (AvgIpc) is 2.74. The number of rotatable bonds is 3. The van der Waals surface area contributed by atoms with Crippen LogP contribution in [0.3, 0.4) is 0 Å². The minimum absolute atomic E-state index is 0.00866. The molecule has 0 spiro atoms. The van der Waals surface area contributed by atoms with Gasteiger partial charge >= 0.3 is 5.97 Å². The second-order valence-corrected chi connectivity index (χ2v) is 4.44. The maximum Gasteiger partial charge on any atom is 0.310 e. The van der Waals surface area contributed by atoms with Crippen LogP contribution in [0.5, 0.6) is 0 Å². The molecule has 0 aliphatic carbocycles. The van der Waals surface area contributed by atoms with Gasteiger partial charge in [-0.3, -0.25) is 4.79 Å². The average molecular weight is 237 g/mol. The summed E-state index contributed by atoms with van der Waals surface area (Å²) in [7, 11) is 0. The highest BCUT2D eigenvalue weighted by atomic mass is 19.1. The van der Waals surface area contributed by atoms with Gasteiger partial charge in [0.2, 0.25) is 0 Å². The summed E-state index contributed by atoms with van der Waals surface area (Å²) in [4.78, 5) is 11.8. The molecule has 1 aliphatic rings. The van der Waals surface area contributed by atoms with E-state index in [0.717, 1.165) is 6.54 Å². The highest BCUT2D eigenvalue weighted by molar-refractivity contribution is 5.73. The van der Waals surface area contributed by atoms with Crippen molar-refractivity contribution in [2.24, 2.45) is 11.8 Å². The molecule has 1 N–H and O–H groups in total. The van der Waals surface area contributed by atoms with E-state index in [2.05, 4.69) is 5.32 Å². The fourth-order valence-corrected chi connectivity index (χ4v) is 2.00. The minimum Gasteiger partial charge on any atom is -0.460 e. The molecule has 0 radical (unpaired) electrons. The molecule has 0 amide bonds. The van der Waals surface area contributed by atoms with Crippen molar-refractivity contribution in [2.75, 3.05) is 13.1 Å². The molecule has 1 saturated heterocycles. The van der Waals surface area contributed by atoms with E-state index in [0.29, 0.717) is 12.1 Å². The number of halogens is 1. The van der Waals surface area contributed by atoms with Crippen LogP contribution in [0.25, 0.3) is 0 Å². The van der Waals surface area contributed by atoms with Gasteiger partial charge in [0, 0.05) is 12.1 Å². The molecular formula is C13H16FNO2. The van der Waals surface area contributed by atoms with Gasteiger partial charge in [-0.05, 0) is 18.5 Å². The van der Waals surface area contributed by atoms with Gasteiger partial charge in [-0.15, -0.1) is 0 Å². The molecule has 1 aromatic carbocycles. The molecule has 1 fully saturated rings. The van der Waals surface area contributed by atoms with E-state index in [1.807, 2.05) is 6.92 Å². The Balaban J connectivity index is 1.90. The van der Waals surface area contributed by atoms with E-state index in [1.165, 1.54) is 6.07 Å². The first kappa shape index (κ1) is 12.0. The third kappa shape index (κ3) is 2.82. The fraction of sp³-hybridized carbons (Fsp3) is 0.462. The van der Waals surface area contributed by atoms with Gasteiger partial charge < -0.3 is 10.1 Å². The second kappa shape index (κ2) is 5.27. The number of hydrogen-bond donors (Lipinski definition) is 1. The van der Waals surface area contributed by atoms with E-state index in [1.54, 1.807) is 18.2 Å². The molecule has 2 atom stereocenters. The van der Waals surface area contributed by atoms with Crippen molar-refractivity contribution in [3.8, 4) is 0 Å². The van der Waals surface area contributed by atoms with E-state index < -0.39 is 0 Å². The molecule has 3 nitrogen and oxygen atoms in total. The van der Waals surface area contributed by atoms with Crippen molar-refractivity contribution in [1.29, 1.82) is 0 Å². The third-order valence-corrected chi connectivity index (χ3v) is 3.15. The van der Waals surface area contributed by atoms with Crippen LogP contribution in [-0.2, 0) is 16.1 Å². The Labute approximate surface area is 100.0 Å². The standard InChI is InChI=1S/C13H16FNO2/c1-9-6-15-7-11(9)13(16)17-8-10-4-2-3-5-12(10)14/h2-5,9,11,15H,6-8H2,1H3/t9-,11-/m1/s1. The van der Waals surface area contributed by atoms with Crippen molar-refractivity contribution >= 4 is 5.97 Å². The van der Waals surface area contributed by atoms with Crippen molar-refractivity contribution in [3.05, 3.63) is 35.6 Å². The topological polar surface area (TPSA) is 38.3 Å². The van der Waals surface area contributed by atoms with Crippen molar-refractivity contribution < 1.29 is 13.9 Å². The van der Waals surface area contributed by atoms with Gasteiger partial charge in [0.25, 0.3) is 0 Å².